The van der Waals surface area contributed by atoms with E-state index in [1.54, 1.807) is 18.3 Å². The van der Waals surface area contributed by atoms with Gasteiger partial charge in [0.15, 0.2) is 11.4 Å². The summed E-state index contributed by atoms with van der Waals surface area (Å²) >= 11 is 0. The van der Waals surface area contributed by atoms with Crippen LogP contribution in [-0.2, 0) is 13.5 Å². The molecule has 1 saturated heterocycles. The summed E-state index contributed by atoms with van der Waals surface area (Å²) in [4.78, 5) is 23.2. The van der Waals surface area contributed by atoms with Gasteiger partial charge in [0, 0.05) is 32.8 Å². The van der Waals surface area contributed by atoms with Gasteiger partial charge in [0.1, 0.15) is 11.3 Å². The number of carbonyl (C=O) groups is 1. The van der Waals surface area contributed by atoms with E-state index in [1.165, 1.54) is 6.26 Å². The van der Waals surface area contributed by atoms with Gasteiger partial charge < -0.3 is 13.9 Å². The lowest BCUT2D eigenvalue weighted by molar-refractivity contribution is 0.0755. The van der Waals surface area contributed by atoms with Crippen molar-refractivity contribution in [3.05, 3.63) is 48.3 Å². The number of hydrogen-bond acceptors (Lipinski definition) is 4. The minimum Gasteiger partial charge on any atom is -0.459 e. The first-order chi connectivity index (χ1) is 11.2. The molecule has 6 heteroatoms. The molecule has 23 heavy (non-hydrogen) atoms. The van der Waals surface area contributed by atoms with Crippen LogP contribution in [0.15, 0.2) is 41.1 Å². The maximum Gasteiger partial charge on any atom is 0.289 e. The number of pyridine rings is 1. The van der Waals surface area contributed by atoms with E-state index in [0.717, 1.165) is 42.9 Å². The molecule has 1 amide bonds. The van der Waals surface area contributed by atoms with Crippen molar-refractivity contribution in [1.82, 2.24) is 19.4 Å². The SMILES string of the molecule is Cn1c(C[C@@H]2CCN(C(=O)c3ccco3)C2)nc2cccnc21. The summed E-state index contributed by atoms with van der Waals surface area (Å²) in [5, 5.41) is 0. The third-order valence-electron chi connectivity index (χ3n) is 4.50. The molecule has 3 aromatic heterocycles. The van der Waals surface area contributed by atoms with E-state index in [0.29, 0.717) is 11.7 Å². The lowest BCUT2D eigenvalue weighted by Gasteiger charge is -2.15. The first kappa shape index (κ1) is 14.0. The first-order valence-electron chi connectivity index (χ1n) is 7.81. The predicted octanol–water partition coefficient (Wildman–Crippen LogP) is 2.27. The number of carbonyl (C=O) groups excluding carboxylic acids is 1. The number of aryl methyl sites for hydroxylation is 1. The van der Waals surface area contributed by atoms with E-state index in [9.17, 15) is 4.79 Å². The number of fused-ring (bicyclic) bond motifs is 1. The second-order valence-corrected chi connectivity index (χ2v) is 6.02. The molecule has 1 aliphatic rings. The second kappa shape index (κ2) is 5.53. The molecule has 0 saturated carbocycles. The summed E-state index contributed by atoms with van der Waals surface area (Å²) in [5.74, 6) is 1.84. The van der Waals surface area contributed by atoms with Crippen LogP contribution in [-0.4, -0.2) is 38.4 Å². The van der Waals surface area contributed by atoms with Crippen LogP contribution in [0.3, 0.4) is 0 Å². The number of amides is 1. The Kier molecular flexibility index (Phi) is 3.37. The molecule has 0 bridgehead atoms. The van der Waals surface area contributed by atoms with Crippen LogP contribution in [0.1, 0.15) is 22.8 Å². The standard InChI is InChI=1S/C17H18N4O2/c1-20-15(19-13-4-2-7-18-16(13)20)10-12-6-8-21(11-12)17(22)14-5-3-9-23-14/h2-5,7,9,12H,6,8,10-11H2,1H3/t12-/m0/s1. The Morgan fingerprint density at radius 1 is 1.39 bits per heavy atom. The summed E-state index contributed by atoms with van der Waals surface area (Å²) in [6.45, 7) is 1.52. The summed E-state index contributed by atoms with van der Waals surface area (Å²) in [6.07, 6.45) is 5.16. The highest BCUT2D eigenvalue weighted by molar-refractivity contribution is 5.91. The fourth-order valence-electron chi connectivity index (χ4n) is 3.25. The number of imidazole rings is 1. The molecule has 6 nitrogen and oxygen atoms in total. The van der Waals surface area contributed by atoms with Crippen LogP contribution in [0.2, 0.25) is 0 Å². The van der Waals surface area contributed by atoms with Crippen LogP contribution in [0.25, 0.3) is 11.2 Å². The molecule has 0 radical (unpaired) electrons. The van der Waals surface area contributed by atoms with Crippen molar-refractivity contribution in [2.24, 2.45) is 13.0 Å². The van der Waals surface area contributed by atoms with E-state index >= 15 is 0 Å². The molecule has 1 aliphatic heterocycles. The Morgan fingerprint density at radius 2 is 2.30 bits per heavy atom. The molecule has 118 valence electrons. The second-order valence-electron chi connectivity index (χ2n) is 6.02. The maximum atomic E-state index is 12.3. The van der Waals surface area contributed by atoms with Crippen LogP contribution in [0, 0.1) is 5.92 Å². The van der Waals surface area contributed by atoms with Crippen LogP contribution in [0.4, 0.5) is 0 Å². The maximum absolute atomic E-state index is 12.3. The Bertz CT molecular complexity index is 838. The highest BCUT2D eigenvalue weighted by atomic mass is 16.3. The van der Waals surface area contributed by atoms with Gasteiger partial charge in [-0.3, -0.25) is 4.79 Å². The van der Waals surface area contributed by atoms with Crippen LogP contribution >= 0.6 is 0 Å². The molecule has 0 spiro atoms. The highest BCUT2D eigenvalue weighted by Crippen LogP contribution is 2.23. The minimum absolute atomic E-state index is 0.0239. The smallest absolute Gasteiger partial charge is 0.289 e. The number of nitrogens with zero attached hydrogens (tertiary/aromatic N) is 4. The highest BCUT2D eigenvalue weighted by Gasteiger charge is 2.29. The van der Waals surface area contributed by atoms with Crippen molar-refractivity contribution in [3.63, 3.8) is 0 Å². The number of aromatic nitrogens is 3. The molecule has 4 heterocycles. The van der Waals surface area contributed by atoms with E-state index in [1.807, 2.05) is 28.6 Å². The zero-order valence-electron chi connectivity index (χ0n) is 13.0. The average Bonchev–Trinajstić information content (AvgIpc) is 3.29. The lowest BCUT2D eigenvalue weighted by Crippen LogP contribution is -2.28. The normalized spacial score (nSPS) is 18.0. The predicted molar refractivity (Wildman–Crippen MR) is 84.9 cm³/mol. The summed E-state index contributed by atoms with van der Waals surface area (Å²) in [7, 11) is 2.00. The van der Waals surface area contributed by atoms with Gasteiger partial charge >= 0.3 is 0 Å². The zero-order valence-corrected chi connectivity index (χ0v) is 13.0. The minimum atomic E-state index is -0.0239. The Hall–Kier alpha value is -2.63. The van der Waals surface area contributed by atoms with E-state index in [-0.39, 0.29) is 5.91 Å². The van der Waals surface area contributed by atoms with Crippen molar-refractivity contribution >= 4 is 17.1 Å². The fraction of sp³-hybridized carbons (Fsp3) is 0.353. The van der Waals surface area contributed by atoms with Gasteiger partial charge in [-0.1, -0.05) is 0 Å². The van der Waals surface area contributed by atoms with Crippen molar-refractivity contribution in [2.75, 3.05) is 13.1 Å². The average molecular weight is 310 g/mol. The Morgan fingerprint density at radius 3 is 3.09 bits per heavy atom. The number of rotatable bonds is 3. The van der Waals surface area contributed by atoms with Gasteiger partial charge in [-0.05, 0) is 36.6 Å². The molecular formula is C17H18N4O2. The van der Waals surface area contributed by atoms with Crippen molar-refractivity contribution in [1.29, 1.82) is 0 Å². The number of hydrogen-bond donors (Lipinski definition) is 0. The Labute approximate surface area is 133 Å². The van der Waals surface area contributed by atoms with Gasteiger partial charge in [-0.2, -0.15) is 0 Å². The third-order valence-corrected chi connectivity index (χ3v) is 4.50. The molecule has 1 fully saturated rings. The number of furan rings is 1. The molecule has 0 aliphatic carbocycles. The van der Waals surface area contributed by atoms with Crippen LogP contribution < -0.4 is 0 Å². The van der Waals surface area contributed by atoms with Crippen molar-refractivity contribution in [3.8, 4) is 0 Å². The van der Waals surface area contributed by atoms with Crippen molar-refractivity contribution in [2.45, 2.75) is 12.8 Å². The monoisotopic (exact) mass is 310 g/mol. The topological polar surface area (TPSA) is 64.2 Å². The number of likely N-dealkylation sites (tertiary alicyclic amines) is 1. The van der Waals surface area contributed by atoms with Crippen LogP contribution in [0.5, 0.6) is 0 Å². The van der Waals surface area contributed by atoms with Crippen molar-refractivity contribution < 1.29 is 9.21 Å². The summed E-state index contributed by atoms with van der Waals surface area (Å²) < 4.78 is 7.25. The van der Waals surface area contributed by atoms with Gasteiger partial charge in [0.05, 0.1) is 6.26 Å². The molecule has 1 atom stereocenters. The summed E-state index contributed by atoms with van der Waals surface area (Å²) in [5.41, 5.74) is 1.83. The van der Waals surface area contributed by atoms with E-state index in [2.05, 4.69) is 9.97 Å². The molecule has 4 rings (SSSR count). The molecule has 0 aromatic carbocycles. The molecule has 3 aromatic rings. The first-order valence-corrected chi connectivity index (χ1v) is 7.81. The molecule has 0 unspecified atom stereocenters. The van der Waals surface area contributed by atoms with Gasteiger partial charge in [-0.15, -0.1) is 0 Å². The lowest BCUT2D eigenvalue weighted by atomic mass is 10.0. The quantitative estimate of drug-likeness (QED) is 0.744. The molecular weight excluding hydrogens is 292 g/mol. The fourth-order valence-corrected chi connectivity index (χ4v) is 3.25. The summed E-state index contributed by atoms with van der Waals surface area (Å²) in [6, 6.07) is 7.34. The van der Waals surface area contributed by atoms with Gasteiger partial charge in [0.25, 0.3) is 5.91 Å². The third kappa shape index (κ3) is 2.50. The van der Waals surface area contributed by atoms with Gasteiger partial charge in [-0.25, -0.2) is 9.97 Å². The van der Waals surface area contributed by atoms with Gasteiger partial charge in [0.2, 0.25) is 0 Å². The zero-order chi connectivity index (χ0) is 15.8. The largest absolute Gasteiger partial charge is 0.459 e. The van der Waals surface area contributed by atoms with E-state index < -0.39 is 0 Å². The molecule has 0 N–H and O–H groups in total. The van der Waals surface area contributed by atoms with E-state index in [4.69, 9.17) is 4.42 Å². The Balaban J connectivity index is 1.48.